The molecule has 0 atom stereocenters. The lowest BCUT2D eigenvalue weighted by Crippen LogP contribution is -2.43. The molecule has 15 heavy (non-hydrogen) atoms. The monoisotopic (exact) mass is 221 g/mol. The first-order valence-corrected chi connectivity index (χ1v) is 5.92. The van der Waals surface area contributed by atoms with Crippen molar-refractivity contribution in [1.29, 1.82) is 0 Å². The molecule has 0 aromatic carbocycles. The van der Waals surface area contributed by atoms with Crippen LogP contribution < -0.4 is 5.32 Å². The number of rotatable bonds is 3. The maximum Gasteiger partial charge on any atom is 0.227 e. The molecule has 1 fully saturated rings. The first kappa shape index (κ1) is 9.06. The van der Waals surface area contributed by atoms with Crippen LogP contribution in [0.2, 0.25) is 0 Å². The van der Waals surface area contributed by atoms with Gasteiger partial charge in [0.2, 0.25) is 11.7 Å². The standard InChI is InChI=1S/C10H11N3OS/c1-2-15-6-8(1)10-12-9(14-13-10)3-7-4-11-5-7/h1-2,6-7,11H,3-5H2. The Morgan fingerprint density at radius 2 is 2.47 bits per heavy atom. The molecule has 0 unspecified atom stereocenters. The van der Waals surface area contributed by atoms with Gasteiger partial charge in [-0.15, -0.1) is 0 Å². The van der Waals surface area contributed by atoms with E-state index in [1.165, 1.54) is 0 Å². The van der Waals surface area contributed by atoms with Gasteiger partial charge in [-0.25, -0.2) is 0 Å². The maximum atomic E-state index is 5.21. The average Bonchev–Trinajstić information content (AvgIpc) is 2.82. The molecule has 1 N–H and O–H groups in total. The summed E-state index contributed by atoms with van der Waals surface area (Å²) in [7, 11) is 0. The lowest BCUT2D eigenvalue weighted by atomic mass is 10.00. The summed E-state index contributed by atoms with van der Waals surface area (Å²) in [5, 5.41) is 11.2. The third-order valence-electron chi connectivity index (χ3n) is 2.58. The molecule has 0 radical (unpaired) electrons. The predicted octanol–water partition coefficient (Wildman–Crippen LogP) is 1.56. The molecular formula is C10H11N3OS. The van der Waals surface area contributed by atoms with Crippen LogP contribution in [0, 0.1) is 5.92 Å². The lowest BCUT2D eigenvalue weighted by Gasteiger charge is -2.25. The molecule has 2 aromatic rings. The molecule has 1 saturated heterocycles. The van der Waals surface area contributed by atoms with Gasteiger partial charge < -0.3 is 9.84 Å². The van der Waals surface area contributed by atoms with Crippen LogP contribution in [0.3, 0.4) is 0 Å². The summed E-state index contributed by atoms with van der Waals surface area (Å²) >= 11 is 1.64. The Kier molecular flexibility index (Phi) is 2.26. The summed E-state index contributed by atoms with van der Waals surface area (Å²) in [6, 6.07) is 2.00. The Hall–Kier alpha value is -1.20. The van der Waals surface area contributed by atoms with Crippen LogP contribution in [-0.4, -0.2) is 23.2 Å². The Labute approximate surface area is 91.3 Å². The van der Waals surface area contributed by atoms with Crippen molar-refractivity contribution in [3.05, 3.63) is 22.7 Å². The zero-order valence-corrected chi connectivity index (χ0v) is 8.96. The molecule has 0 aliphatic carbocycles. The van der Waals surface area contributed by atoms with Crippen LogP contribution in [0.15, 0.2) is 21.3 Å². The summed E-state index contributed by atoms with van der Waals surface area (Å²) in [5.74, 6) is 2.13. The second-order valence-corrected chi connectivity index (χ2v) is 4.53. The van der Waals surface area contributed by atoms with Crippen LogP contribution in [0.4, 0.5) is 0 Å². The molecule has 4 nitrogen and oxygen atoms in total. The second kappa shape index (κ2) is 3.75. The highest BCUT2D eigenvalue weighted by atomic mass is 32.1. The fraction of sp³-hybridized carbons (Fsp3) is 0.400. The number of aromatic nitrogens is 2. The minimum atomic E-state index is 0.667. The largest absolute Gasteiger partial charge is 0.339 e. The van der Waals surface area contributed by atoms with E-state index in [4.69, 9.17) is 4.52 Å². The van der Waals surface area contributed by atoms with Crippen LogP contribution in [-0.2, 0) is 6.42 Å². The molecule has 5 heteroatoms. The second-order valence-electron chi connectivity index (χ2n) is 3.75. The van der Waals surface area contributed by atoms with E-state index in [-0.39, 0.29) is 0 Å². The van der Waals surface area contributed by atoms with Gasteiger partial charge in [-0.05, 0) is 30.5 Å². The van der Waals surface area contributed by atoms with E-state index in [9.17, 15) is 0 Å². The summed E-state index contributed by atoms with van der Waals surface area (Å²) < 4.78 is 5.21. The number of nitrogens with zero attached hydrogens (tertiary/aromatic N) is 2. The van der Waals surface area contributed by atoms with E-state index in [1.807, 2.05) is 16.8 Å². The lowest BCUT2D eigenvalue weighted by molar-refractivity contribution is 0.296. The van der Waals surface area contributed by atoms with E-state index in [0.29, 0.717) is 11.7 Å². The fourth-order valence-electron chi connectivity index (χ4n) is 1.59. The van der Waals surface area contributed by atoms with Crippen molar-refractivity contribution >= 4 is 11.3 Å². The Balaban J connectivity index is 1.75. The van der Waals surface area contributed by atoms with Crippen molar-refractivity contribution in [3.8, 4) is 11.4 Å². The van der Waals surface area contributed by atoms with E-state index < -0.39 is 0 Å². The topological polar surface area (TPSA) is 51.0 Å². The van der Waals surface area contributed by atoms with Gasteiger partial charge in [0.15, 0.2) is 0 Å². The molecule has 78 valence electrons. The summed E-state index contributed by atoms with van der Waals surface area (Å²) in [5.41, 5.74) is 1.04. The Bertz CT molecular complexity index is 433. The van der Waals surface area contributed by atoms with Gasteiger partial charge in [0.05, 0.1) is 0 Å². The van der Waals surface area contributed by atoms with Gasteiger partial charge >= 0.3 is 0 Å². The minimum Gasteiger partial charge on any atom is -0.339 e. The van der Waals surface area contributed by atoms with Crippen molar-refractivity contribution in [2.45, 2.75) is 6.42 Å². The summed E-state index contributed by atoms with van der Waals surface area (Å²) in [6.45, 7) is 2.13. The van der Waals surface area contributed by atoms with Crippen molar-refractivity contribution in [2.24, 2.45) is 5.92 Å². The third-order valence-corrected chi connectivity index (χ3v) is 3.26. The SMILES string of the molecule is c1cc(-c2noc(CC3CNC3)n2)cs1. The zero-order valence-electron chi connectivity index (χ0n) is 8.14. The number of hydrogen-bond acceptors (Lipinski definition) is 5. The molecule has 1 aliphatic rings. The van der Waals surface area contributed by atoms with Gasteiger partial charge in [-0.3, -0.25) is 0 Å². The fourth-order valence-corrected chi connectivity index (χ4v) is 2.22. The van der Waals surface area contributed by atoms with Gasteiger partial charge in [-0.1, -0.05) is 5.16 Å². The van der Waals surface area contributed by atoms with Gasteiger partial charge in [-0.2, -0.15) is 16.3 Å². The molecular weight excluding hydrogens is 210 g/mol. The van der Waals surface area contributed by atoms with Gasteiger partial charge in [0.1, 0.15) is 0 Å². The normalized spacial score (nSPS) is 16.5. The van der Waals surface area contributed by atoms with Crippen LogP contribution in [0.1, 0.15) is 5.89 Å². The molecule has 3 rings (SSSR count). The average molecular weight is 221 g/mol. The molecule has 0 spiro atoms. The minimum absolute atomic E-state index is 0.667. The summed E-state index contributed by atoms with van der Waals surface area (Å²) in [4.78, 5) is 4.38. The zero-order chi connectivity index (χ0) is 10.1. The van der Waals surface area contributed by atoms with Crippen LogP contribution >= 0.6 is 11.3 Å². The van der Waals surface area contributed by atoms with E-state index >= 15 is 0 Å². The van der Waals surface area contributed by atoms with Crippen molar-refractivity contribution in [1.82, 2.24) is 15.5 Å². The number of thiophene rings is 1. The molecule has 2 aromatic heterocycles. The van der Waals surface area contributed by atoms with Crippen molar-refractivity contribution in [2.75, 3.05) is 13.1 Å². The van der Waals surface area contributed by atoms with Gasteiger partial charge in [0.25, 0.3) is 0 Å². The van der Waals surface area contributed by atoms with E-state index in [0.717, 1.165) is 31.0 Å². The Morgan fingerprint density at radius 1 is 1.53 bits per heavy atom. The first-order chi connectivity index (χ1) is 7.42. The first-order valence-electron chi connectivity index (χ1n) is 4.98. The van der Waals surface area contributed by atoms with Gasteiger partial charge in [0, 0.05) is 17.4 Å². The predicted molar refractivity (Wildman–Crippen MR) is 57.7 cm³/mol. The Morgan fingerprint density at radius 3 is 3.13 bits per heavy atom. The highest BCUT2D eigenvalue weighted by Crippen LogP contribution is 2.20. The quantitative estimate of drug-likeness (QED) is 0.854. The third kappa shape index (κ3) is 1.80. The molecule has 0 amide bonds. The molecule has 0 saturated carbocycles. The van der Waals surface area contributed by atoms with E-state index in [1.54, 1.807) is 11.3 Å². The van der Waals surface area contributed by atoms with Crippen molar-refractivity contribution in [3.63, 3.8) is 0 Å². The molecule has 3 heterocycles. The molecule has 0 bridgehead atoms. The number of hydrogen-bond donors (Lipinski definition) is 1. The number of nitrogens with one attached hydrogen (secondary N) is 1. The highest BCUT2D eigenvalue weighted by Gasteiger charge is 2.20. The molecule has 1 aliphatic heterocycles. The van der Waals surface area contributed by atoms with Crippen LogP contribution in [0.5, 0.6) is 0 Å². The van der Waals surface area contributed by atoms with Crippen molar-refractivity contribution < 1.29 is 4.52 Å². The maximum absolute atomic E-state index is 5.21. The smallest absolute Gasteiger partial charge is 0.227 e. The van der Waals surface area contributed by atoms with E-state index in [2.05, 4.69) is 15.5 Å². The summed E-state index contributed by atoms with van der Waals surface area (Å²) in [6.07, 6.45) is 0.893. The highest BCUT2D eigenvalue weighted by molar-refractivity contribution is 7.08. The van der Waals surface area contributed by atoms with Crippen LogP contribution in [0.25, 0.3) is 11.4 Å².